The van der Waals surface area contributed by atoms with Crippen molar-refractivity contribution in [3.05, 3.63) is 0 Å². The monoisotopic (exact) mass is 373 g/mol. The SMILES string of the molecule is CCCCCCC[C@H](O)C1C(=O)N(C)[C@H](C[C@@](O)(C(=O)O)C(C)C)[C@@H]1O. The van der Waals surface area contributed by atoms with Gasteiger partial charge in [-0.2, -0.15) is 0 Å². The number of rotatable bonds is 11. The van der Waals surface area contributed by atoms with Crippen molar-refractivity contribution < 1.29 is 30.0 Å². The minimum Gasteiger partial charge on any atom is -0.479 e. The minimum atomic E-state index is -2.04. The van der Waals surface area contributed by atoms with Crippen LogP contribution < -0.4 is 0 Å². The van der Waals surface area contributed by atoms with Crippen LogP contribution in [0.2, 0.25) is 0 Å². The van der Waals surface area contributed by atoms with E-state index < -0.39 is 47.6 Å². The van der Waals surface area contributed by atoms with Crippen molar-refractivity contribution in [3.63, 3.8) is 0 Å². The Kier molecular flexibility index (Phi) is 8.50. The summed E-state index contributed by atoms with van der Waals surface area (Å²) in [5.41, 5.74) is -2.04. The number of likely N-dealkylation sites (tertiary alicyclic amines) is 1. The zero-order valence-electron chi connectivity index (χ0n) is 16.4. The number of carbonyl (C=O) groups excluding carboxylic acids is 1. The van der Waals surface area contributed by atoms with Gasteiger partial charge in [0.05, 0.1) is 24.2 Å². The van der Waals surface area contributed by atoms with Crippen LogP contribution in [0.1, 0.15) is 65.7 Å². The number of aliphatic hydroxyl groups excluding tert-OH is 2. The van der Waals surface area contributed by atoms with Gasteiger partial charge in [-0.1, -0.05) is 52.9 Å². The number of nitrogens with zero attached hydrogens (tertiary/aromatic N) is 1. The minimum absolute atomic E-state index is 0.275. The Hall–Kier alpha value is -1.18. The summed E-state index contributed by atoms with van der Waals surface area (Å²) in [5.74, 6) is -3.33. The van der Waals surface area contributed by atoms with Gasteiger partial charge in [-0.15, -0.1) is 0 Å². The quantitative estimate of drug-likeness (QED) is 0.407. The van der Waals surface area contributed by atoms with Crippen molar-refractivity contribution in [2.75, 3.05) is 7.05 Å². The summed E-state index contributed by atoms with van der Waals surface area (Å²) in [4.78, 5) is 25.3. The second-order valence-corrected chi connectivity index (χ2v) is 7.89. The van der Waals surface area contributed by atoms with Crippen LogP contribution in [0.5, 0.6) is 0 Å². The summed E-state index contributed by atoms with van der Waals surface area (Å²) >= 11 is 0. The summed E-state index contributed by atoms with van der Waals surface area (Å²) in [5, 5.41) is 40.9. The predicted molar refractivity (Wildman–Crippen MR) is 97.5 cm³/mol. The summed E-state index contributed by atoms with van der Waals surface area (Å²) < 4.78 is 0. The molecule has 1 saturated heterocycles. The van der Waals surface area contributed by atoms with Crippen molar-refractivity contribution in [3.8, 4) is 0 Å². The van der Waals surface area contributed by atoms with E-state index in [9.17, 15) is 30.0 Å². The van der Waals surface area contributed by atoms with Crippen LogP contribution in [-0.4, -0.2) is 68.1 Å². The fourth-order valence-electron chi connectivity index (χ4n) is 3.69. The highest BCUT2D eigenvalue weighted by Gasteiger charge is 2.53. The Morgan fingerprint density at radius 1 is 1.23 bits per heavy atom. The lowest BCUT2D eigenvalue weighted by Gasteiger charge is -2.33. The molecular weight excluding hydrogens is 338 g/mol. The molecule has 1 unspecified atom stereocenters. The zero-order valence-corrected chi connectivity index (χ0v) is 16.4. The maximum absolute atomic E-state index is 12.5. The van der Waals surface area contributed by atoms with Crippen molar-refractivity contribution in [1.82, 2.24) is 4.90 Å². The summed E-state index contributed by atoms with van der Waals surface area (Å²) in [7, 11) is 1.48. The Morgan fingerprint density at radius 2 is 1.81 bits per heavy atom. The highest BCUT2D eigenvalue weighted by Crippen LogP contribution is 2.35. The van der Waals surface area contributed by atoms with Crippen molar-refractivity contribution in [2.24, 2.45) is 11.8 Å². The molecule has 7 heteroatoms. The molecule has 0 spiro atoms. The number of hydrogen-bond acceptors (Lipinski definition) is 5. The van der Waals surface area contributed by atoms with Crippen LogP contribution in [0.4, 0.5) is 0 Å². The molecule has 5 atom stereocenters. The molecule has 0 aromatic heterocycles. The van der Waals surface area contributed by atoms with Crippen molar-refractivity contribution >= 4 is 11.9 Å². The molecule has 1 amide bonds. The average Bonchev–Trinajstić information content (AvgIpc) is 2.77. The number of carbonyl (C=O) groups is 2. The van der Waals surface area contributed by atoms with Crippen molar-refractivity contribution in [2.45, 2.75) is 89.6 Å². The second-order valence-electron chi connectivity index (χ2n) is 7.89. The molecule has 1 rings (SSSR count). The Bertz CT molecular complexity index is 483. The molecule has 4 N–H and O–H groups in total. The summed E-state index contributed by atoms with van der Waals surface area (Å²) in [6, 6.07) is -0.842. The summed E-state index contributed by atoms with van der Waals surface area (Å²) in [6.07, 6.45) is 3.05. The molecule has 1 aliphatic rings. The van der Waals surface area contributed by atoms with E-state index in [1.165, 1.54) is 11.9 Å². The topological polar surface area (TPSA) is 118 Å². The molecule has 1 heterocycles. The van der Waals surface area contributed by atoms with Gasteiger partial charge in [-0.25, -0.2) is 4.79 Å². The first-order chi connectivity index (χ1) is 12.1. The van der Waals surface area contributed by atoms with Gasteiger partial charge in [0, 0.05) is 13.5 Å². The standard InChI is InChI=1S/C19H35NO6/c1-5-6-7-8-9-10-14(21)15-16(22)13(20(4)17(15)23)11-19(26,12(2)3)18(24)25/h12-16,21-22,26H,5-11H2,1-4H3,(H,24,25)/t13-,14+,15?,16+,19+/m1/s1. The van der Waals surface area contributed by atoms with Crippen LogP contribution in [0.3, 0.4) is 0 Å². The van der Waals surface area contributed by atoms with Gasteiger partial charge in [0.1, 0.15) is 0 Å². The van der Waals surface area contributed by atoms with Gasteiger partial charge < -0.3 is 25.3 Å². The predicted octanol–water partition coefficient (Wildman–Crippen LogP) is 1.39. The van der Waals surface area contributed by atoms with E-state index in [0.29, 0.717) is 6.42 Å². The Morgan fingerprint density at radius 3 is 2.31 bits per heavy atom. The number of likely N-dealkylation sites (N-methyl/N-ethyl adjacent to an activating group) is 1. The second kappa shape index (κ2) is 9.67. The van der Waals surface area contributed by atoms with E-state index in [1.807, 2.05) is 0 Å². The molecule has 0 radical (unpaired) electrons. The van der Waals surface area contributed by atoms with E-state index in [-0.39, 0.29) is 6.42 Å². The van der Waals surface area contributed by atoms with Crippen LogP contribution in [0.25, 0.3) is 0 Å². The number of aliphatic carboxylic acids is 1. The lowest BCUT2D eigenvalue weighted by Crippen LogP contribution is -2.50. The van der Waals surface area contributed by atoms with E-state index in [4.69, 9.17) is 0 Å². The third-order valence-electron chi connectivity index (χ3n) is 5.76. The highest BCUT2D eigenvalue weighted by atomic mass is 16.4. The van der Waals surface area contributed by atoms with Gasteiger partial charge in [0.2, 0.25) is 5.91 Å². The Labute approximate surface area is 156 Å². The third-order valence-corrected chi connectivity index (χ3v) is 5.76. The van der Waals surface area contributed by atoms with Crippen LogP contribution in [0.15, 0.2) is 0 Å². The molecule has 0 bridgehead atoms. The maximum atomic E-state index is 12.5. The van der Waals surface area contributed by atoms with E-state index >= 15 is 0 Å². The lowest BCUT2D eigenvalue weighted by molar-refractivity contribution is -0.167. The van der Waals surface area contributed by atoms with Gasteiger partial charge in [0.15, 0.2) is 5.60 Å². The van der Waals surface area contributed by atoms with Gasteiger partial charge in [0.25, 0.3) is 0 Å². The third kappa shape index (κ3) is 4.96. The first-order valence-corrected chi connectivity index (χ1v) is 9.66. The molecule has 0 aromatic rings. The number of unbranched alkanes of at least 4 members (excludes halogenated alkanes) is 4. The normalized spacial score (nSPS) is 27.0. The maximum Gasteiger partial charge on any atom is 0.336 e. The summed E-state index contributed by atoms with van der Waals surface area (Å²) in [6.45, 7) is 5.29. The van der Waals surface area contributed by atoms with E-state index in [2.05, 4.69) is 6.92 Å². The van der Waals surface area contributed by atoms with Crippen LogP contribution in [0, 0.1) is 11.8 Å². The first-order valence-electron chi connectivity index (χ1n) is 9.66. The molecule has 1 fully saturated rings. The van der Waals surface area contributed by atoms with Gasteiger partial charge in [-0.05, 0) is 12.3 Å². The van der Waals surface area contributed by atoms with E-state index in [0.717, 1.165) is 32.1 Å². The molecule has 152 valence electrons. The number of hydrogen-bond donors (Lipinski definition) is 4. The number of amides is 1. The molecule has 0 aliphatic carbocycles. The number of carboxylic acid groups (broad SMARTS) is 1. The van der Waals surface area contributed by atoms with Crippen LogP contribution >= 0.6 is 0 Å². The molecule has 0 saturated carbocycles. The fraction of sp³-hybridized carbons (Fsp3) is 0.895. The first kappa shape index (κ1) is 22.9. The largest absolute Gasteiger partial charge is 0.479 e. The van der Waals surface area contributed by atoms with Crippen LogP contribution in [-0.2, 0) is 9.59 Å². The average molecular weight is 373 g/mol. The van der Waals surface area contributed by atoms with E-state index in [1.54, 1.807) is 13.8 Å². The number of carboxylic acids is 1. The molecular formula is C19H35NO6. The Balaban J connectivity index is 2.78. The molecule has 0 aromatic carbocycles. The van der Waals surface area contributed by atoms with Crippen molar-refractivity contribution in [1.29, 1.82) is 0 Å². The molecule has 26 heavy (non-hydrogen) atoms. The smallest absolute Gasteiger partial charge is 0.336 e. The highest BCUT2D eigenvalue weighted by molar-refractivity contribution is 5.83. The molecule has 7 nitrogen and oxygen atoms in total. The van der Waals surface area contributed by atoms with Gasteiger partial charge in [-0.3, -0.25) is 4.79 Å². The zero-order chi connectivity index (χ0) is 20.1. The number of aliphatic hydroxyl groups is 3. The fourth-order valence-corrected chi connectivity index (χ4v) is 3.69. The molecule has 1 aliphatic heterocycles. The lowest BCUT2D eigenvalue weighted by atomic mass is 9.81. The van der Waals surface area contributed by atoms with Gasteiger partial charge >= 0.3 is 5.97 Å².